The number of benzene rings is 1. The summed E-state index contributed by atoms with van der Waals surface area (Å²) >= 11 is 0.859. The molecular weight excluding hydrogens is 401 g/mol. The molecule has 2 saturated heterocycles. The van der Waals surface area contributed by atoms with Crippen LogP contribution in [0.1, 0.15) is 24.8 Å². The Bertz CT molecular complexity index is 740. The van der Waals surface area contributed by atoms with Gasteiger partial charge in [0.1, 0.15) is 0 Å². The number of amides is 1. The smallest absolute Gasteiger partial charge is 0.348 e. The Kier molecular flexibility index (Phi) is 6.46. The van der Waals surface area contributed by atoms with Crippen LogP contribution in [0.2, 0.25) is 0 Å². The largest absolute Gasteiger partial charge is 0.416 e. The topological polar surface area (TPSA) is 81.9 Å². The van der Waals surface area contributed by atoms with E-state index in [1.165, 1.54) is 0 Å². The van der Waals surface area contributed by atoms with Crippen molar-refractivity contribution >= 4 is 23.4 Å². The lowest BCUT2D eigenvalue weighted by Crippen LogP contribution is -2.50. The summed E-state index contributed by atoms with van der Waals surface area (Å²) in [6, 6.07) is 2.10. The van der Waals surface area contributed by atoms with Gasteiger partial charge in [0.25, 0.3) is 5.69 Å². The Morgan fingerprint density at radius 2 is 2.00 bits per heavy atom. The van der Waals surface area contributed by atoms with Crippen LogP contribution in [0.25, 0.3) is 0 Å². The van der Waals surface area contributed by atoms with E-state index in [0.29, 0.717) is 25.8 Å². The predicted molar refractivity (Wildman–Crippen MR) is 93.9 cm³/mol. The van der Waals surface area contributed by atoms with Gasteiger partial charge in [-0.15, -0.1) is 11.8 Å². The van der Waals surface area contributed by atoms with E-state index in [1.807, 2.05) is 0 Å². The van der Waals surface area contributed by atoms with Crippen LogP contribution in [0, 0.1) is 10.1 Å². The number of nitrogens with zero attached hydrogens (tertiary/aromatic N) is 2. The van der Waals surface area contributed by atoms with Gasteiger partial charge >= 0.3 is 6.18 Å². The van der Waals surface area contributed by atoms with E-state index in [1.54, 1.807) is 4.90 Å². The number of likely N-dealkylation sites (tertiary alicyclic amines) is 1. The molecule has 0 spiro atoms. The van der Waals surface area contributed by atoms with Gasteiger partial charge in [0.2, 0.25) is 5.91 Å². The van der Waals surface area contributed by atoms with E-state index in [-0.39, 0.29) is 22.6 Å². The van der Waals surface area contributed by atoms with Crippen molar-refractivity contribution in [3.8, 4) is 0 Å². The molecule has 2 fully saturated rings. The summed E-state index contributed by atoms with van der Waals surface area (Å²) in [7, 11) is 0. The van der Waals surface area contributed by atoms with Gasteiger partial charge in [0.15, 0.2) is 6.29 Å². The molecule has 0 aromatic heterocycles. The van der Waals surface area contributed by atoms with Crippen LogP contribution in [0.4, 0.5) is 18.9 Å². The number of hydrogen-bond donors (Lipinski definition) is 0. The maximum atomic E-state index is 12.8. The zero-order valence-corrected chi connectivity index (χ0v) is 15.6. The van der Waals surface area contributed by atoms with E-state index in [0.717, 1.165) is 43.2 Å². The highest BCUT2D eigenvalue weighted by molar-refractivity contribution is 8.00. The number of carbonyl (C=O) groups is 1. The SMILES string of the molecule is O=C(CSc1ccc(C(F)(F)F)cc1[N+](=O)[O-])N1CCCCC1C1OCCO1. The van der Waals surface area contributed by atoms with Gasteiger partial charge < -0.3 is 14.4 Å². The highest BCUT2D eigenvalue weighted by Crippen LogP contribution is 2.37. The number of alkyl halides is 3. The van der Waals surface area contributed by atoms with E-state index in [9.17, 15) is 28.1 Å². The molecule has 3 rings (SSSR count). The van der Waals surface area contributed by atoms with Crippen LogP contribution in [-0.4, -0.2) is 53.6 Å². The second-order valence-electron chi connectivity index (χ2n) is 6.49. The first kappa shape index (κ1) is 20.9. The average Bonchev–Trinajstić information content (AvgIpc) is 3.19. The lowest BCUT2D eigenvalue weighted by Gasteiger charge is -2.38. The highest BCUT2D eigenvalue weighted by atomic mass is 32.2. The third kappa shape index (κ3) is 4.76. The molecule has 2 aliphatic rings. The van der Waals surface area contributed by atoms with Gasteiger partial charge in [-0.05, 0) is 31.4 Å². The molecule has 0 radical (unpaired) electrons. The van der Waals surface area contributed by atoms with Crippen LogP contribution in [0.15, 0.2) is 23.1 Å². The van der Waals surface area contributed by atoms with Crippen LogP contribution in [-0.2, 0) is 20.4 Å². The van der Waals surface area contributed by atoms with Crippen molar-refractivity contribution in [3.63, 3.8) is 0 Å². The number of nitro groups is 1. The minimum Gasteiger partial charge on any atom is -0.348 e. The van der Waals surface area contributed by atoms with E-state index in [4.69, 9.17) is 9.47 Å². The molecule has 1 atom stereocenters. The van der Waals surface area contributed by atoms with Gasteiger partial charge in [0, 0.05) is 12.6 Å². The van der Waals surface area contributed by atoms with Crippen LogP contribution >= 0.6 is 11.8 Å². The summed E-state index contributed by atoms with van der Waals surface area (Å²) in [5.41, 5.74) is -1.76. The van der Waals surface area contributed by atoms with Crippen LogP contribution in [0.3, 0.4) is 0 Å². The summed E-state index contributed by atoms with van der Waals surface area (Å²) in [6.07, 6.45) is -2.64. The van der Waals surface area contributed by atoms with Gasteiger partial charge in [-0.25, -0.2) is 0 Å². The molecule has 154 valence electrons. The fraction of sp³-hybridized carbons (Fsp3) is 0.588. The molecule has 2 heterocycles. The third-order valence-corrected chi connectivity index (χ3v) is 5.71. The number of carbonyl (C=O) groups excluding carboxylic acids is 1. The first-order valence-electron chi connectivity index (χ1n) is 8.78. The standard InChI is InChI=1S/C17H19F3N2O5S/c18-17(19,20)11-4-5-14(13(9-11)22(24)25)28-10-15(23)21-6-2-1-3-12(21)16-26-7-8-27-16/h4-5,9,12,16H,1-3,6-8,10H2. The zero-order valence-electron chi connectivity index (χ0n) is 14.8. The van der Waals surface area contributed by atoms with Crippen molar-refractivity contribution < 1.29 is 32.4 Å². The van der Waals surface area contributed by atoms with Crippen molar-refractivity contribution in [1.82, 2.24) is 4.90 Å². The Morgan fingerprint density at radius 3 is 2.64 bits per heavy atom. The molecule has 0 aliphatic carbocycles. The zero-order chi connectivity index (χ0) is 20.3. The molecule has 0 N–H and O–H groups in total. The average molecular weight is 420 g/mol. The van der Waals surface area contributed by atoms with E-state index >= 15 is 0 Å². The van der Waals surface area contributed by atoms with E-state index < -0.39 is 28.6 Å². The first-order valence-corrected chi connectivity index (χ1v) is 9.77. The maximum absolute atomic E-state index is 12.8. The number of piperidine rings is 1. The molecule has 28 heavy (non-hydrogen) atoms. The molecule has 0 bridgehead atoms. The van der Waals surface area contributed by atoms with Gasteiger partial charge in [-0.1, -0.05) is 0 Å². The molecule has 2 aliphatic heterocycles. The highest BCUT2D eigenvalue weighted by Gasteiger charge is 2.37. The molecule has 1 amide bonds. The predicted octanol–water partition coefficient (Wildman–Crippen LogP) is 3.46. The second-order valence-corrected chi connectivity index (χ2v) is 7.50. The molecule has 1 aromatic carbocycles. The molecular formula is C17H19F3N2O5S. The number of thioether (sulfide) groups is 1. The Morgan fingerprint density at radius 1 is 1.29 bits per heavy atom. The fourth-order valence-electron chi connectivity index (χ4n) is 3.33. The lowest BCUT2D eigenvalue weighted by molar-refractivity contribution is -0.388. The van der Waals surface area contributed by atoms with Crippen molar-refractivity contribution in [2.24, 2.45) is 0 Å². The number of hydrogen-bond acceptors (Lipinski definition) is 6. The normalized spacial score (nSPS) is 21.1. The Balaban J connectivity index is 1.70. The molecule has 0 saturated carbocycles. The van der Waals surface area contributed by atoms with Crippen molar-refractivity contribution in [2.45, 2.75) is 42.7 Å². The summed E-state index contributed by atoms with van der Waals surface area (Å²) in [4.78, 5) is 24.7. The van der Waals surface area contributed by atoms with Crippen LogP contribution < -0.4 is 0 Å². The number of halogens is 3. The fourth-order valence-corrected chi connectivity index (χ4v) is 4.22. The minimum absolute atomic E-state index is 0.0216. The Labute approximate surface area is 163 Å². The molecule has 1 aromatic rings. The summed E-state index contributed by atoms with van der Waals surface area (Å²) in [6.45, 7) is 1.47. The first-order chi connectivity index (χ1) is 13.3. The summed E-state index contributed by atoms with van der Waals surface area (Å²) in [5, 5.41) is 11.2. The monoisotopic (exact) mass is 420 g/mol. The number of nitro benzene ring substituents is 1. The maximum Gasteiger partial charge on any atom is 0.416 e. The molecule has 1 unspecified atom stereocenters. The summed E-state index contributed by atoms with van der Waals surface area (Å²) < 4.78 is 49.4. The quantitative estimate of drug-likeness (QED) is 0.412. The summed E-state index contributed by atoms with van der Waals surface area (Å²) in [5.74, 6) is -0.363. The van der Waals surface area contributed by atoms with Crippen molar-refractivity contribution in [1.29, 1.82) is 0 Å². The molecule has 11 heteroatoms. The van der Waals surface area contributed by atoms with Gasteiger partial charge in [0.05, 0.1) is 40.4 Å². The van der Waals surface area contributed by atoms with E-state index in [2.05, 4.69) is 0 Å². The Hall–Kier alpha value is -1.85. The molecule has 7 nitrogen and oxygen atoms in total. The van der Waals surface area contributed by atoms with Gasteiger partial charge in [-0.2, -0.15) is 13.2 Å². The number of rotatable bonds is 5. The van der Waals surface area contributed by atoms with Gasteiger partial charge in [-0.3, -0.25) is 14.9 Å². The van der Waals surface area contributed by atoms with Crippen molar-refractivity contribution in [2.75, 3.05) is 25.5 Å². The second kappa shape index (κ2) is 8.66. The van der Waals surface area contributed by atoms with Crippen LogP contribution in [0.5, 0.6) is 0 Å². The number of ether oxygens (including phenoxy) is 2. The third-order valence-electron chi connectivity index (χ3n) is 4.67. The lowest BCUT2D eigenvalue weighted by atomic mass is 10.0. The minimum atomic E-state index is -4.67. The van der Waals surface area contributed by atoms with Crippen molar-refractivity contribution in [3.05, 3.63) is 33.9 Å².